The minimum Gasteiger partial charge on any atom is -0.399 e. The summed E-state index contributed by atoms with van der Waals surface area (Å²) in [6.45, 7) is 8.06. The first-order valence-corrected chi connectivity index (χ1v) is 6.80. The first kappa shape index (κ1) is 14.1. The molecule has 0 saturated carbocycles. The molecule has 2 aromatic rings. The van der Waals surface area contributed by atoms with Gasteiger partial charge in [0.1, 0.15) is 0 Å². The SMILES string of the molecule is CC1(C)OB(c2ccc(-c3noc(=O)[nH]3)cc2)OC1(C)C. The maximum Gasteiger partial charge on any atom is 0.494 e. The molecule has 1 fully saturated rings. The van der Waals surface area contributed by atoms with Gasteiger partial charge >= 0.3 is 12.9 Å². The summed E-state index contributed by atoms with van der Waals surface area (Å²) >= 11 is 0. The fourth-order valence-corrected chi connectivity index (χ4v) is 2.13. The van der Waals surface area contributed by atoms with E-state index in [0.29, 0.717) is 5.82 Å². The summed E-state index contributed by atoms with van der Waals surface area (Å²) in [5, 5.41) is 3.65. The maximum atomic E-state index is 11.0. The molecule has 0 spiro atoms. The third kappa shape index (κ3) is 2.43. The van der Waals surface area contributed by atoms with Crippen LogP contribution in [-0.4, -0.2) is 28.5 Å². The third-order valence-corrected chi connectivity index (χ3v) is 4.15. The normalized spacial score (nSPS) is 19.9. The van der Waals surface area contributed by atoms with Gasteiger partial charge in [0.05, 0.1) is 11.2 Å². The molecule has 6 nitrogen and oxygen atoms in total. The molecule has 3 rings (SSSR count). The number of hydrogen-bond acceptors (Lipinski definition) is 5. The Labute approximate surface area is 122 Å². The quantitative estimate of drug-likeness (QED) is 0.843. The van der Waals surface area contributed by atoms with Crippen molar-refractivity contribution < 1.29 is 13.8 Å². The van der Waals surface area contributed by atoms with E-state index in [4.69, 9.17) is 9.31 Å². The van der Waals surface area contributed by atoms with Crippen molar-refractivity contribution in [1.82, 2.24) is 10.1 Å². The Morgan fingerprint density at radius 3 is 2.10 bits per heavy atom. The molecule has 1 aliphatic rings. The second-order valence-corrected chi connectivity index (χ2v) is 6.15. The molecule has 0 aliphatic carbocycles. The Bertz CT molecular complexity index is 686. The van der Waals surface area contributed by atoms with Crippen LogP contribution in [0.4, 0.5) is 0 Å². The molecule has 7 heteroatoms. The van der Waals surface area contributed by atoms with E-state index in [0.717, 1.165) is 11.0 Å². The van der Waals surface area contributed by atoms with Crippen LogP contribution < -0.4 is 11.2 Å². The van der Waals surface area contributed by atoms with E-state index in [-0.39, 0.29) is 11.2 Å². The summed E-state index contributed by atoms with van der Waals surface area (Å²) in [5.41, 5.74) is 0.950. The highest BCUT2D eigenvalue weighted by molar-refractivity contribution is 6.62. The van der Waals surface area contributed by atoms with Crippen molar-refractivity contribution in [2.45, 2.75) is 38.9 Å². The molecule has 0 unspecified atom stereocenters. The molecule has 1 aromatic heterocycles. The third-order valence-electron chi connectivity index (χ3n) is 4.15. The van der Waals surface area contributed by atoms with Crippen LogP contribution >= 0.6 is 0 Å². The number of nitrogens with one attached hydrogen (secondary N) is 1. The number of hydrogen-bond donors (Lipinski definition) is 1. The molecule has 0 amide bonds. The topological polar surface area (TPSA) is 77.4 Å². The van der Waals surface area contributed by atoms with Gasteiger partial charge < -0.3 is 9.31 Å². The van der Waals surface area contributed by atoms with E-state index in [2.05, 4.69) is 14.7 Å². The lowest BCUT2D eigenvalue weighted by atomic mass is 9.79. The smallest absolute Gasteiger partial charge is 0.399 e. The fourth-order valence-electron chi connectivity index (χ4n) is 2.13. The molecule has 110 valence electrons. The fraction of sp³-hybridized carbons (Fsp3) is 0.429. The van der Waals surface area contributed by atoms with Gasteiger partial charge in [-0.2, -0.15) is 0 Å². The number of rotatable bonds is 2. The van der Waals surface area contributed by atoms with Crippen LogP contribution in [0.3, 0.4) is 0 Å². The molecule has 0 bridgehead atoms. The number of nitrogens with zero attached hydrogens (tertiary/aromatic N) is 1. The van der Waals surface area contributed by atoms with E-state index in [9.17, 15) is 4.79 Å². The molecule has 1 N–H and O–H groups in total. The van der Waals surface area contributed by atoms with Crippen molar-refractivity contribution in [2.24, 2.45) is 0 Å². The standard InChI is InChI=1S/C14H17BN2O4/c1-13(2)14(3,4)21-15(20-13)10-7-5-9(6-8-10)11-16-12(18)19-17-11/h5-8H,1-4H3,(H,16,17,18). The first-order chi connectivity index (χ1) is 9.78. The average Bonchev–Trinajstić information content (AvgIpc) is 2.92. The maximum absolute atomic E-state index is 11.0. The number of aromatic nitrogens is 2. The lowest BCUT2D eigenvalue weighted by Crippen LogP contribution is -2.41. The van der Waals surface area contributed by atoms with Gasteiger partial charge in [-0.25, -0.2) is 4.79 Å². The van der Waals surface area contributed by atoms with Crippen molar-refractivity contribution in [2.75, 3.05) is 0 Å². The molecule has 1 aliphatic heterocycles. The summed E-state index contributed by atoms with van der Waals surface area (Å²) in [7, 11) is -0.402. The van der Waals surface area contributed by atoms with Gasteiger partial charge in [0.2, 0.25) is 0 Å². The molecule has 1 aromatic carbocycles. The highest BCUT2D eigenvalue weighted by atomic mass is 16.7. The number of aromatic amines is 1. The Morgan fingerprint density at radius 2 is 1.62 bits per heavy atom. The molecular formula is C14H17BN2O4. The summed E-state index contributed by atoms with van der Waals surface area (Å²) in [5.74, 6) is -0.166. The Kier molecular flexibility index (Phi) is 3.07. The van der Waals surface area contributed by atoms with E-state index in [1.807, 2.05) is 52.0 Å². The van der Waals surface area contributed by atoms with Crippen molar-refractivity contribution in [3.63, 3.8) is 0 Å². The van der Waals surface area contributed by atoms with E-state index < -0.39 is 12.9 Å². The van der Waals surface area contributed by atoms with Crippen LogP contribution in [0.25, 0.3) is 11.4 Å². The summed E-state index contributed by atoms with van der Waals surface area (Å²) < 4.78 is 16.5. The van der Waals surface area contributed by atoms with Crippen LogP contribution in [0.15, 0.2) is 33.6 Å². The Balaban J connectivity index is 1.84. The summed E-state index contributed by atoms with van der Waals surface area (Å²) in [4.78, 5) is 13.5. The predicted octanol–water partition coefficient (Wildman–Crippen LogP) is 1.33. The van der Waals surface area contributed by atoms with Crippen LogP contribution in [0.2, 0.25) is 0 Å². The van der Waals surface area contributed by atoms with Crippen LogP contribution in [-0.2, 0) is 9.31 Å². The van der Waals surface area contributed by atoms with Gasteiger partial charge in [0, 0.05) is 5.56 Å². The minimum absolute atomic E-state index is 0.367. The number of H-pyrrole nitrogens is 1. The van der Waals surface area contributed by atoms with E-state index in [1.165, 1.54) is 0 Å². The zero-order valence-corrected chi connectivity index (χ0v) is 12.5. The zero-order valence-electron chi connectivity index (χ0n) is 12.5. The van der Waals surface area contributed by atoms with Gasteiger partial charge in [-0.1, -0.05) is 29.4 Å². The van der Waals surface area contributed by atoms with Crippen LogP contribution in [0, 0.1) is 0 Å². The predicted molar refractivity (Wildman–Crippen MR) is 78.3 cm³/mol. The molecule has 2 heterocycles. The first-order valence-electron chi connectivity index (χ1n) is 6.80. The van der Waals surface area contributed by atoms with Crippen molar-refractivity contribution in [3.05, 3.63) is 34.8 Å². The minimum atomic E-state index is -0.569. The van der Waals surface area contributed by atoms with Gasteiger partial charge in [-0.15, -0.1) is 0 Å². The van der Waals surface area contributed by atoms with Gasteiger partial charge in [-0.05, 0) is 33.2 Å². The summed E-state index contributed by atoms with van der Waals surface area (Å²) in [6.07, 6.45) is 0. The molecule has 0 atom stereocenters. The van der Waals surface area contributed by atoms with E-state index in [1.54, 1.807) is 0 Å². The number of benzene rings is 1. The average molecular weight is 288 g/mol. The van der Waals surface area contributed by atoms with Gasteiger partial charge in [0.15, 0.2) is 5.82 Å². The monoisotopic (exact) mass is 288 g/mol. The van der Waals surface area contributed by atoms with Gasteiger partial charge in [0.25, 0.3) is 0 Å². The van der Waals surface area contributed by atoms with Gasteiger partial charge in [-0.3, -0.25) is 9.51 Å². The lowest BCUT2D eigenvalue weighted by Gasteiger charge is -2.32. The van der Waals surface area contributed by atoms with Crippen molar-refractivity contribution >= 4 is 12.6 Å². The Morgan fingerprint density at radius 1 is 1.05 bits per heavy atom. The van der Waals surface area contributed by atoms with E-state index >= 15 is 0 Å². The molecule has 0 radical (unpaired) electrons. The lowest BCUT2D eigenvalue weighted by molar-refractivity contribution is 0.00578. The second kappa shape index (κ2) is 4.57. The molecule has 1 saturated heterocycles. The van der Waals surface area contributed by atoms with Crippen molar-refractivity contribution in [1.29, 1.82) is 0 Å². The molecule has 21 heavy (non-hydrogen) atoms. The van der Waals surface area contributed by atoms with Crippen molar-refractivity contribution in [3.8, 4) is 11.4 Å². The second-order valence-electron chi connectivity index (χ2n) is 6.15. The summed E-state index contributed by atoms with van der Waals surface area (Å²) in [6, 6.07) is 7.47. The highest BCUT2D eigenvalue weighted by Crippen LogP contribution is 2.36. The largest absolute Gasteiger partial charge is 0.494 e. The van der Waals surface area contributed by atoms with Crippen LogP contribution in [0.5, 0.6) is 0 Å². The molecular weight excluding hydrogens is 271 g/mol. The zero-order chi connectivity index (χ0) is 15.3. The Hall–Kier alpha value is -1.86. The van der Waals surface area contributed by atoms with Crippen LogP contribution in [0.1, 0.15) is 27.7 Å². The highest BCUT2D eigenvalue weighted by Gasteiger charge is 2.51.